The van der Waals surface area contributed by atoms with Crippen LogP contribution in [0.3, 0.4) is 0 Å². The van der Waals surface area contributed by atoms with Crippen LogP contribution in [0, 0.1) is 0 Å². The average Bonchev–Trinajstić information content (AvgIpc) is 3.14. The number of aromatic nitrogens is 5. The van der Waals surface area contributed by atoms with Gasteiger partial charge < -0.3 is 5.11 Å². The summed E-state index contributed by atoms with van der Waals surface area (Å²) in [5.41, 5.74) is 0.804. The Labute approximate surface area is 119 Å². The van der Waals surface area contributed by atoms with Crippen LogP contribution in [0.1, 0.15) is 37.4 Å². The van der Waals surface area contributed by atoms with Crippen LogP contribution in [0.2, 0.25) is 0 Å². The molecule has 0 aliphatic heterocycles. The number of fused-ring (bicyclic) bond motifs is 1. The lowest BCUT2D eigenvalue weighted by Gasteiger charge is -2.03. The van der Waals surface area contributed by atoms with E-state index >= 15 is 0 Å². The standard InChI is InChI=1S/C13H13N5OS/c19-10-5-9(6-14-7-10)12-17-18-11(8-3-1-2-4-8)15-16-13(18)20-12/h5-8,19H,1-4H2. The van der Waals surface area contributed by atoms with Crippen LogP contribution >= 0.6 is 11.3 Å². The molecule has 4 rings (SSSR count). The van der Waals surface area contributed by atoms with Crippen molar-refractivity contribution in [3.63, 3.8) is 0 Å². The first kappa shape index (κ1) is 11.8. The van der Waals surface area contributed by atoms with Crippen LogP contribution in [-0.2, 0) is 0 Å². The van der Waals surface area contributed by atoms with Gasteiger partial charge in [0.25, 0.3) is 0 Å². The van der Waals surface area contributed by atoms with Crippen molar-refractivity contribution in [2.24, 2.45) is 0 Å². The molecule has 1 fully saturated rings. The Morgan fingerprint density at radius 2 is 2.05 bits per heavy atom. The van der Waals surface area contributed by atoms with Gasteiger partial charge in [0.2, 0.25) is 4.96 Å². The third kappa shape index (κ3) is 1.85. The van der Waals surface area contributed by atoms with Crippen molar-refractivity contribution in [3.05, 3.63) is 24.3 Å². The van der Waals surface area contributed by atoms with Crippen molar-refractivity contribution in [2.75, 3.05) is 0 Å². The van der Waals surface area contributed by atoms with Crippen molar-refractivity contribution in [1.29, 1.82) is 0 Å². The van der Waals surface area contributed by atoms with Gasteiger partial charge in [-0.3, -0.25) is 4.98 Å². The minimum absolute atomic E-state index is 0.143. The van der Waals surface area contributed by atoms with Crippen molar-refractivity contribution in [1.82, 2.24) is 24.8 Å². The number of rotatable bonds is 2. The van der Waals surface area contributed by atoms with E-state index in [0.29, 0.717) is 5.92 Å². The second-order valence-corrected chi connectivity index (χ2v) is 6.03. The average molecular weight is 287 g/mol. The molecule has 7 heteroatoms. The Balaban J connectivity index is 1.79. The summed E-state index contributed by atoms with van der Waals surface area (Å²) in [5, 5.41) is 23.4. The topological polar surface area (TPSA) is 76.2 Å². The predicted molar refractivity (Wildman–Crippen MR) is 74.8 cm³/mol. The first-order chi connectivity index (χ1) is 9.81. The number of hydrogen-bond donors (Lipinski definition) is 1. The zero-order valence-corrected chi connectivity index (χ0v) is 11.5. The second kappa shape index (κ2) is 4.52. The highest BCUT2D eigenvalue weighted by molar-refractivity contribution is 7.19. The van der Waals surface area contributed by atoms with E-state index in [1.807, 2.05) is 4.52 Å². The molecule has 1 saturated carbocycles. The first-order valence-electron chi connectivity index (χ1n) is 6.68. The van der Waals surface area contributed by atoms with Crippen LogP contribution in [-0.4, -0.2) is 29.9 Å². The Bertz CT molecular complexity index is 759. The summed E-state index contributed by atoms with van der Waals surface area (Å²) in [6, 6.07) is 1.66. The van der Waals surface area contributed by atoms with Gasteiger partial charge in [-0.2, -0.15) is 9.61 Å². The first-order valence-corrected chi connectivity index (χ1v) is 7.49. The molecular weight excluding hydrogens is 274 g/mol. The van der Waals surface area contributed by atoms with E-state index in [1.165, 1.54) is 43.2 Å². The van der Waals surface area contributed by atoms with Gasteiger partial charge in [0.1, 0.15) is 10.8 Å². The lowest BCUT2D eigenvalue weighted by atomic mass is 10.1. The fourth-order valence-electron chi connectivity index (χ4n) is 2.73. The van der Waals surface area contributed by atoms with Crippen LogP contribution in [0.4, 0.5) is 0 Å². The lowest BCUT2D eigenvalue weighted by molar-refractivity contribution is 0.473. The normalized spacial score (nSPS) is 16.2. The Morgan fingerprint density at radius 1 is 1.20 bits per heavy atom. The quantitative estimate of drug-likeness (QED) is 0.784. The highest BCUT2D eigenvalue weighted by Gasteiger charge is 2.24. The van der Waals surface area contributed by atoms with E-state index in [4.69, 9.17) is 0 Å². The van der Waals surface area contributed by atoms with E-state index < -0.39 is 0 Å². The van der Waals surface area contributed by atoms with Gasteiger partial charge in [0, 0.05) is 17.7 Å². The highest BCUT2D eigenvalue weighted by Crippen LogP contribution is 2.34. The maximum atomic E-state index is 9.51. The molecule has 0 aromatic carbocycles. The summed E-state index contributed by atoms with van der Waals surface area (Å²) in [7, 11) is 0. The number of pyridine rings is 1. The minimum atomic E-state index is 0.143. The third-order valence-electron chi connectivity index (χ3n) is 3.71. The molecule has 0 saturated heterocycles. The molecule has 1 N–H and O–H groups in total. The molecule has 0 unspecified atom stereocenters. The second-order valence-electron chi connectivity index (χ2n) is 5.07. The van der Waals surface area contributed by atoms with Gasteiger partial charge in [-0.25, -0.2) is 0 Å². The third-order valence-corrected chi connectivity index (χ3v) is 4.65. The molecule has 1 aliphatic carbocycles. The van der Waals surface area contributed by atoms with Crippen LogP contribution in [0.25, 0.3) is 15.5 Å². The molecule has 1 aliphatic rings. The maximum Gasteiger partial charge on any atom is 0.234 e. The smallest absolute Gasteiger partial charge is 0.234 e. The fraction of sp³-hybridized carbons (Fsp3) is 0.385. The monoisotopic (exact) mass is 287 g/mol. The van der Waals surface area contributed by atoms with E-state index in [-0.39, 0.29) is 5.75 Å². The molecule has 0 radical (unpaired) electrons. The number of nitrogens with zero attached hydrogens (tertiary/aromatic N) is 5. The summed E-state index contributed by atoms with van der Waals surface area (Å²) in [6.07, 6.45) is 7.96. The van der Waals surface area contributed by atoms with E-state index in [0.717, 1.165) is 21.4 Å². The highest BCUT2D eigenvalue weighted by atomic mass is 32.1. The molecule has 0 bridgehead atoms. The van der Waals surface area contributed by atoms with Crippen molar-refractivity contribution in [2.45, 2.75) is 31.6 Å². The SMILES string of the molecule is Oc1cncc(-c2nn3c(C4CCCC4)nnc3s2)c1. The molecule has 3 heterocycles. The van der Waals surface area contributed by atoms with Gasteiger partial charge in [0.15, 0.2) is 5.82 Å². The summed E-state index contributed by atoms with van der Waals surface area (Å²) in [6.45, 7) is 0. The van der Waals surface area contributed by atoms with Crippen LogP contribution in [0.15, 0.2) is 18.5 Å². The zero-order chi connectivity index (χ0) is 13.5. The molecule has 0 amide bonds. The lowest BCUT2D eigenvalue weighted by Crippen LogP contribution is -2.01. The summed E-state index contributed by atoms with van der Waals surface area (Å²) in [4.78, 5) is 4.78. The summed E-state index contributed by atoms with van der Waals surface area (Å²) in [5.74, 6) is 1.58. The van der Waals surface area contributed by atoms with Crippen molar-refractivity contribution < 1.29 is 5.11 Å². The van der Waals surface area contributed by atoms with Crippen LogP contribution < -0.4 is 0 Å². The van der Waals surface area contributed by atoms with E-state index in [2.05, 4.69) is 20.3 Å². The van der Waals surface area contributed by atoms with Crippen molar-refractivity contribution >= 4 is 16.3 Å². The van der Waals surface area contributed by atoms with Gasteiger partial charge in [-0.1, -0.05) is 24.2 Å². The molecule has 0 spiro atoms. The Kier molecular flexibility index (Phi) is 2.66. The zero-order valence-electron chi connectivity index (χ0n) is 10.7. The molecule has 3 aromatic heterocycles. The predicted octanol–water partition coefficient (Wildman–Crippen LogP) is 2.61. The van der Waals surface area contributed by atoms with Crippen LogP contribution in [0.5, 0.6) is 5.75 Å². The summed E-state index contributed by atoms with van der Waals surface area (Å²) < 4.78 is 1.85. The molecule has 102 valence electrons. The summed E-state index contributed by atoms with van der Waals surface area (Å²) >= 11 is 1.47. The Morgan fingerprint density at radius 3 is 2.85 bits per heavy atom. The van der Waals surface area contributed by atoms with Gasteiger partial charge in [0.05, 0.1) is 6.20 Å². The van der Waals surface area contributed by atoms with Crippen molar-refractivity contribution in [3.8, 4) is 16.3 Å². The fourth-order valence-corrected chi connectivity index (χ4v) is 3.56. The molecule has 20 heavy (non-hydrogen) atoms. The number of hydrogen-bond acceptors (Lipinski definition) is 6. The number of aromatic hydroxyl groups is 1. The maximum absolute atomic E-state index is 9.51. The van der Waals surface area contributed by atoms with Gasteiger partial charge >= 0.3 is 0 Å². The molecule has 3 aromatic rings. The largest absolute Gasteiger partial charge is 0.506 e. The molecular formula is C13H13N5OS. The molecule has 6 nitrogen and oxygen atoms in total. The molecule has 0 atom stereocenters. The minimum Gasteiger partial charge on any atom is -0.506 e. The van der Waals surface area contributed by atoms with Gasteiger partial charge in [-0.15, -0.1) is 10.2 Å². The Hall–Kier alpha value is -2.02. The van der Waals surface area contributed by atoms with E-state index in [9.17, 15) is 5.11 Å². The van der Waals surface area contributed by atoms with E-state index in [1.54, 1.807) is 12.3 Å². The van der Waals surface area contributed by atoms with Gasteiger partial charge in [-0.05, 0) is 18.9 Å².